The van der Waals surface area contributed by atoms with Gasteiger partial charge in [0.05, 0.1) is 5.51 Å². The van der Waals surface area contributed by atoms with Crippen LogP contribution in [0.3, 0.4) is 0 Å². The fourth-order valence-electron chi connectivity index (χ4n) is 1.53. The van der Waals surface area contributed by atoms with Gasteiger partial charge in [-0.3, -0.25) is 4.98 Å². The summed E-state index contributed by atoms with van der Waals surface area (Å²) in [6.45, 7) is 0.0877. The average molecular weight is 302 g/mol. The highest BCUT2D eigenvalue weighted by Crippen LogP contribution is 2.18. The molecule has 0 aliphatic heterocycles. The lowest BCUT2D eigenvalue weighted by atomic mass is 10.2. The van der Waals surface area contributed by atoms with Crippen molar-refractivity contribution in [2.24, 2.45) is 0 Å². The van der Waals surface area contributed by atoms with Gasteiger partial charge >= 0.3 is 6.18 Å². The number of rotatable bonds is 6. The topological polar surface area (TPSA) is 34.1 Å². The predicted octanol–water partition coefficient (Wildman–Crippen LogP) is 3.37. The first-order chi connectivity index (χ1) is 9.53. The summed E-state index contributed by atoms with van der Waals surface area (Å²) in [5.41, 5.74) is 2.75. The maximum absolute atomic E-state index is 12.0. The molecular weight excluding hydrogens is 289 g/mol. The molecule has 0 fully saturated rings. The molecular formula is C13H13F3N2OS. The van der Waals surface area contributed by atoms with E-state index in [4.69, 9.17) is 0 Å². The molecule has 0 aliphatic carbocycles. The van der Waals surface area contributed by atoms with Crippen LogP contribution in [0.5, 0.6) is 5.75 Å². The van der Waals surface area contributed by atoms with Crippen molar-refractivity contribution in [3.05, 3.63) is 46.4 Å². The van der Waals surface area contributed by atoms with Crippen LogP contribution in [0.25, 0.3) is 0 Å². The summed E-state index contributed by atoms with van der Waals surface area (Å²) >= 11 is 1.57. The van der Waals surface area contributed by atoms with Crippen molar-refractivity contribution in [1.29, 1.82) is 0 Å². The van der Waals surface area contributed by atoms with Gasteiger partial charge in [-0.1, -0.05) is 12.1 Å². The average Bonchev–Trinajstić information content (AvgIpc) is 2.90. The van der Waals surface area contributed by atoms with E-state index < -0.39 is 12.8 Å². The molecule has 7 heteroatoms. The summed E-state index contributed by atoms with van der Waals surface area (Å²) in [5.74, 6) is 0.216. The van der Waals surface area contributed by atoms with Gasteiger partial charge in [0.2, 0.25) is 0 Å². The molecule has 0 radical (unpaired) electrons. The number of aromatic nitrogens is 1. The van der Waals surface area contributed by atoms with Crippen LogP contribution in [0.15, 0.2) is 36.0 Å². The molecule has 0 aliphatic rings. The Kier molecular flexibility index (Phi) is 4.97. The van der Waals surface area contributed by atoms with Crippen molar-refractivity contribution >= 4 is 11.3 Å². The van der Waals surface area contributed by atoms with E-state index in [0.29, 0.717) is 6.54 Å². The first-order valence-corrected chi connectivity index (χ1v) is 6.77. The van der Waals surface area contributed by atoms with Crippen molar-refractivity contribution in [3.63, 3.8) is 0 Å². The number of halogens is 3. The van der Waals surface area contributed by atoms with Gasteiger partial charge in [-0.15, -0.1) is 11.3 Å². The molecule has 108 valence electrons. The molecule has 2 rings (SSSR count). The minimum atomic E-state index is -4.31. The van der Waals surface area contributed by atoms with E-state index in [0.717, 1.165) is 17.0 Å². The highest BCUT2D eigenvalue weighted by molar-refractivity contribution is 7.09. The summed E-state index contributed by atoms with van der Waals surface area (Å²) in [6, 6.07) is 6.56. The third-order valence-corrected chi connectivity index (χ3v) is 3.22. The normalized spacial score (nSPS) is 11.6. The molecule has 20 heavy (non-hydrogen) atoms. The highest BCUT2D eigenvalue weighted by Gasteiger charge is 2.28. The molecule has 0 spiro atoms. The molecule has 0 bridgehead atoms. The number of nitrogens with zero attached hydrogens (tertiary/aromatic N) is 1. The van der Waals surface area contributed by atoms with E-state index in [1.54, 1.807) is 35.2 Å². The second-order valence-electron chi connectivity index (χ2n) is 4.12. The van der Waals surface area contributed by atoms with Gasteiger partial charge in [0, 0.05) is 24.2 Å². The first kappa shape index (κ1) is 14.8. The predicted molar refractivity (Wildman–Crippen MR) is 70.6 cm³/mol. The summed E-state index contributed by atoms with van der Waals surface area (Å²) < 4.78 is 40.6. The van der Waals surface area contributed by atoms with Crippen LogP contribution in [0.1, 0.15) is 10.4 Å². The van der Waals surface area contributed by atoms with Gasteiger partial charge in [-0.05, 0) is 17.7 Å². The monoisotopic (exact) mass is 302 g/mol. The zero-order valence-electron chi connectivity index (χ0n) is 10.5. The van der Waals surface area contributed by atoms with Crippen LogP contribution in [0.4, 0.5) is 13.2 Å². The second kappa shape index (κ2) is 6.71. The number of nitrogens with one attached hydrogen (secondary N) is 1. The molecule has 3 nitrogen and oxygen atoms in total. The Morgan fingerprint density at radius 3 is 2.50 bits per heavy atom. The minimum Gasteiger partial charge on any atom is -0.484 e. The molecule has 1 aromatic carbocycles. The van der Waals surface area contributed by atoms with Gasteiger partial charge in [0.1, 0.15) is 5.75 Å². The van der Waals surface area contributed by atoms with Crippen molar-refractivity contribution in [2.45, 2.75) is 19.3 Å². The molecule has 0 amide bonds. The molecule has 0 atom stereocenters. The van der Waals surface area contributed by atoms with Gasteiger partial charge in [0.15, 0.2) is 6.61 Å². The smallest absolute Gasteiger partial charge is 0.422 e. The van der Waals surface area contributed by atoms with Gasteiger partial charge in [-0.25, -0.2) is 0 Å². The first-order valence-electron chi connectivity index (χ1n) is 5.89. The molecule has 0 unspecified atom stereocenters. The van der Waals surface area contributed by atoms with E-state index in [1.807, 2.05) is 0 Å². The number of thiazole rings is 1. The summed E-state index contributed by atoms with van der Waals surface area (Å²) in [4.78, 5) is 5.10. The van der Waals surface area contributed by atoms with E-state index in [9.17, 15) is 13.2 Å². The van der Waals surface area contributed by atoms with Crippen LogP contribution in [0, 0.1) is 0 Å². The maximum Gasteiger partial charge on any atom is 0.422 e. The van der Waals surface area contributed by atoms with E-state index in [-0.39, 0.29) is 5.75 Å². The van der Waals surface area contributed by atoms with E-state index >= 15 is 0 Å². The highest BCUT2D eigenvalue weighted by atomic mass is 32.1. The molecule has 0 saturated heterocycles. The lowest BCUT2D eigenvalue weighted by molar-refractivity contribution is -0.153. The second-order valence-corrected chi connectivity index (χ2v) is 5.09. The Morgan fingerprint density at radius 2 is 1.90 bits per heavy atom. The van der Waals surface area contributed by atoms with Crippen LogP contribution in [-0.4, -0.2) is 17.8 Å². The molecule has 1 heterocycles. The lowest BCUT2D eigenvalue weighted by Gasteiger charge is -2.09. The maximum atomic E-state index is 12.0. The third-order valence-electron chi connectivity index (χ3n) is 2.44. The lowest BCUT2D eigenvalue weighted by Crippen LogP contribution is -2.19. The number of ether oxygens (including phenoxy) is 1. The minimum absolute atomic E-state index is 0.216. The Labute approximate surface area is 118 Å². The fraction of sp³-hybridized carbons (Fsp3) is 0.308. The third kappa shape index (κ3) is 5.18. The number of benzene rings is 1. The van der Waals surface area contributed by atoms with Crippen molar-refractivity contribution in [2.75, 3.05) is 6.61 Å². The Hall–Kier alpha value is -1.60. The van der Waals surface area contributed by atoms with Crippen molar-refractivity contribution in [3.8, 4) is 5.75 Å². The van der Waals surface area contributed by atoms with Crippen LogP contribution >= 0.6 is 11.3 Å². The Bertz CT molecular complexity index is 511. The van der Waals surface area contributed by atoms with Crippen molar-refractivity contribution in [1.82, 2.24) is 10.3 Å². The van der Waals surface area contributed by atoms with Crippen LogP contribution < -0.4 is 10.1 Å². The molecule has 0 saturated carbocycles. The summed E-state index contributed by atoms with van der Waals surface area (Å²) in [5, 5.41) is 3.23. The van der Waals surface area contributed by atoms with Gasteiger partial charge < -0.3 is 10.1 Å². The molecule has 1 N–H and O–H groups in total. The Balaban J connectivity index is 1.76. The Morgan fingerprint density at radius 1 is 1.15 bits per heavy atom. The SMILES string of the molecule is FC(F)(F)COc1ccc(CNCc2cncs2)cc1. The van der Waals surface area contributed by atoms with Crippen LogP contribution in [0.2, 0.25) is 0 Å². The quantitative estimate of drug-likeness (QED) is 0.888. The van der Waals surface area contributed by atoms with E-state index in [2.05, 4.69) is 15.0 Å². The molecule has 2 aromatic rings. The van der Waals surface area contributed by atoms with E-state index in [1.165, 1.54) is 12.1 Å². The standard InChI is InChI=1S/C13H13F3N2OS/c14-13(15,16)8-19-11-3-1-10(2-4-11)5-17-6-12-7-18-9-20-12/h1-4,7,9,17H,5-6,8H2. The zero-order valence-corrected chi connectivity index (χ0v) is 11.3. The number of hydrogen-bond donors (Lipinski definition) is 1. The van der Waals surface area contributed by atoms with Crippen LogP contribution in [-0.2, 0) is 13.1 Å². The van der Waals surface area contributed by atoms with Gasteiger partial charge in [0.25, 0.3) is 0 Å². The fourth-order valence-corrected chi connectivity index (χ4v) is 2.09. The van der Waals surface area contributed by atoms with Gasteiger partial charge in [-0.2, -0.15) is 13.2 Å². The number of hydrogen-bond acceptors (Lipinski definition) is 4. The molecule has 1 aromatic heterocycles. The summed E-state index contributed by atoms with van der Waals surface area (Å²) in [6.07, 6.45) is -2.51. The van der Waals surface area contributed by atoms with Crippen molar-refractivity contribution < 1.29 is 17.9 Å². The zero-order chi connectivity index (χ0) is 14.4. The number of alkyl halides is 3. The largest absolute Gasteiger partial charge is 0.484 e. The summed E-state index contributed by atoms with van der Waals surface area (Å²) in [7, 11) is 0.